The number of nitrogens with one attached hydrogen (secondary N) is 2. The van der Waals surface area contributed by atoms with Gasteiger partial charge in [0.2, 0.25) is 5.91 Å². The zero-order valence-corrected chi connectivity index (χ0v) is 10.4. The summed E-state index contributed by atoms with van der Waals surface area (Å²) < 4.78 is 28.1. The lowest BCUT2D eigenvalue weighted by Gasteiger charge is -2.22. The molecule has 1 amide bonds. The Bertz CT molecular complexity index is 226. The molecule has 7 heteroatoms. The number of thioether (sulfide) groups is 1. The summed E-state index contributed by atoms with van der Waals surface area (Å²) in [5.41, 5.74) is 0. The first-order valence-electron chi connectivity index (χ1n) is 5.62. The van der Waals surface area contributed by atoms with Crippen molar-refractivity contribution < 1.29 is 18.3 Å². The van der Waals surface area contributed by atoms with E-state index in [0.29, 0.717) is 6.42 Å². The Labute approximate surface area is 104 Å². The van der Waals surface area contributed by atoms with Crippen LogP contribution in [0.2, 0.25) is 0 Å². The Morgan fingerprint density at radius 1 is 1.59 bits per heavy atom. The van der Waals surface area contributed by atoms with Crippen molar-refractivity contribution in [3.8, 4) is 0 Å². The average molecular weight is 268 g/mol. The predicted octanol–water partition coefficient (Wildman–Crippen LogP) is 0.479. The lowest BCUT2D eigenvalue weighted by molar-refractivity contribution is -0.121. The molecule has 0 spiro atoms. The molecule has 1 aliphatic heterocycles. The number of carbonyl (C=O) groups is 1. The van der Waals surface area contributed by atoms with Gasteiger partial charge in [0, 0.05) is 37.1 Å². The average Bonchev–Trinajstić information content (AvgIpc) is 2.29. The van der Waals surface area contributed by atoms with Gasteiger partial charge in [0.15, 0.2) is 0 Å². The van der Waals surface area contributed by atoms with Crippen molar-refractivity contribution in [2.45, 2.75) is 18.9 Å². The first kappa shape index (κ1) is 14.7. The lowest BCUT2D eigenvalue weighted by atomic mass is 10.2. The highest BCUT2D eigenvalue weighted by molar-refractivity contribution is 7.99. The summed E-state index contributed by atoms with van der Waals surface area (Å²) in [6.07, 6.45) is -2.02. The molecule has 1 fully saturated rings. The van der Waals surface area contributed by atoms with E-state index < -0.39 is 13.0 Å². The summed E-state index contributed by atoms with van der Waals surface area (Å²) in [7, 11) is 0. The van der Waals surface area contributed by atoms with E-state index in [1.54, 1.807) is 0 Å². The first-order valence-corrected chi connectivity index (χ1v) is 6.77. The molecule has 1 unspecified atom stereocenters. The standard InChI is InChI=1S/C10H18F2N2O2S/c11-9(12)6-16-3-1-14-10(15)5-8-7-17-4-2-13-8/h8-9,13H,1-7H2,(H,14,15). The van der Waals surface area contributed by atoms with Crippen LogP contribution in [0.4, 0.5) is 8.78 Å². The molecule has 2 N–H and O–H groups in total. The smallest absolute Gasteiger partial charge is 0.261 e. The summed E-state index contributed by atoms with van der Waals surface area (Å²) >= 11 is 1.83. The Balaban J connectivity index is 1.97. The summed E-state index contributed by atoms with van der Waals surface area (Å²) in [5.74, 6) is 1.96. The molecule has 1 rings (SSSR count). The third-order valence-electron chi connectivity index (χ3n) is 2.24. The summed E-state index contributed by atoms with van der Waals surface area (Å²) in [5, 5.41) is 5.90. The monoisotopic (exact) mass is 268 g/mol. The molecule has 1 aliphatic rings. The Morgan fingerprint density at radius 2 is 2.41 bits per heavy atom. The van der Waals surface area contributed by atoms with Crippen molar-refractivity contribution in [2.75, 3.05) is 37.8 Å². The Hall–Kier alpha value is -0.400. The van der Waals surface area contributed by atoms with Crippen LogP contribution in [0.5, 0.6) is 0 Å². The first-order chi connectivity index (χ1) is 8.18. The molecule has 0 saturated carbocycles. The molecule has 0 bridgehead atoms. The van der Waals surface area contributed by atoms with Crippen LogP contribution in [-0.4, -0.2) is 56.2 Å². The van der Waals surface area contributed by atoms with Crippen LogP contribution in [-0.2, 0) is 9.53 Å². The SMILES string of the molecule is O=C(CC1CSCCN1)NCCOCC(F)F. The quantitative estimate of drug-likeness (QED) is 0.659. The van der Waals surface area contributed by atoms with Crippen LogP contribution >= 0.6 is 11.8 Å². The van der Waals surface area contributed by atoms with Crippen molar-refractivity contribution in [1.29, 1.82) is 0 Å². The van der Waals surface area contributed by atoms with Gasteiger partial charge in [-0.3, -0.25) is 4.79 Å². The lowest BCUT2D eigenvalue weighted by Crippen LogP contribution is -2.41. The van der Waals surface area contributed by atoms with Crippen LogP contribution in [0.15, 0.2) is 0 Å². The number of rotatable bonds is 7. The van der Waals surface area contributed by atoms with E-state index in [1.165, 1.54) is 0 Å². The second-order valence-corrected chi connectivity index (χ2v) is 4.90. The summed E-state index contributed by atoms with van der Waals surface area (Å²) in [6.45, 7) is 0.769. The van der Waals surface area contributed by atoms with Gasteiger partial charge in [-0.05, 0) is 0 Å². The van der Waals surface area contributed by atoms with Gasteiger partial charge in [-0.2, -0.15) is 11.8 Å². The molecule has 4 nitrogen and oxygen atoms in total. The molecule has 1 saturated heterocycles. The Kier molecular flexibility index (Phi) is 7.46. The molecule has 1 heterocycles. The van der Waals surface area contributed by atoms with Crippen LogP contribution < -0.4 is 10.6 Å². The van der Waals surface area contributed by atoms with E-state index in [1.807, 2.05) is 11.8 Å². The maximum Gasteiger partial charge on any atom is 0.261 e. The van der Waals surface area contributed by atoms with Gasteiger partial charge >= 0.3 is 0 Å². The normalized spacial score (nSPS) is 20.5. The van der Waals surface area contributed by atoms with Crippen molar-refractivity contribution in [3.63, 3.8) is 0 Å². The van der Waals surface area contributed by atoms with Gasteiger partial charge in [0.1, 0.15) is 6.61 Å². The minimum atomic E-state index is -2.45. The second-order valence-electron chi connectivity index (χ2n) is 3.75. The number of ether oxygens (including phenoxy) is 1. The minimum Gasteiger partial charge on any atom is -0.374 e. The molecule has 0 aromatic heterocycles. The number of hydrogen-bond donors (Lipinski definition) is 2. The van der Waals surface area contributed by atoms with E-state index >= 15 is 0 Å². The van der Waals surface area contributed by atoms with E-state index in [4.69, 9.17) is 0 Å². The molecule has 0 aromatic carbocycles. The van der Waals surface area contributed by atoms with Crippen molar-refractivity contribution in [2.24, 2.45) is 0 Å². The van der Waals surface area contributed by atoms with Gasteiger partial charge in [-0.15, -0.1) is 0 Å². The van der Waals surface area contributed by atoms with Crippen molar-refractivity contribution in [1.82, 2.24) is 10.6 Å². The van der Waals surface area contributed by atoms with E-state index in [2.05, 4.69) is 15.4 Å². The molecular weight excluding hydrogens is 250 g/mol. The van der Waals surface area contributed by atoms with Gasteiger partial charge < -0.3 is 15.4 Å². The molecule has 0 aromatic rings. The summed E-state index contributed by atoms with van der Waals surface area (Å²) in [6, 6.07) is 0.218. The molecule has 17 heavy (non-hydrogen) atoms. The third-order valence-corrected chi connectivity index (χ3v) is 3.37. The van der Waals surface area contributed by atoms with Crippen LogP contribution in [0.3, 0.4) is 0 Å². The molecule has 0 radical (unpaired) electrons. The van der Waals surface area contributed by atoms with E-state index in [0.717, 1.165) is 18.1 Å². The largest absolute Gasteiger partial charge is 0.374 e. The van der Waals surface area contributed by atoms with Crippen LogP contribution in [0.25, 0.3) is 0 Å². The van der Waals surface area contributed by atoms with Gasteiger partial charge in [0.25, 0.3) is 6.43 Å². The Morgan fingerprint density at radius 3 is 3.06 bits per heavy atom. The fraction of sp³-hybridized carbons (Fsp3) is 0.900. The number of amides is 1. The van der Waals surface area contributed by atoms with Crippen LogP contribution in [0, 0.1) is 0 Å². The highest BCUT2D eigenvalue weighted by Gasteiger charge is 2.16. The highest BCUT2D eigenvalue weighted by atomic mass is 32.2. The van der Waals surface area contributed by atoms with Crippen molar-refractivity contribution in [3.05, 3.63) is 0 Å². The second kappa shape index (κ2) is 8.66. The number of carbonyl (C=O) groups excluding carboxylic acids is 1. The van der Waals surface area contributed by atoms with E-state index in [-0.39, 0.29) is 25.1 Å². The topological polar surface area (TPSA) is 50.4 Å². The highest BCUT2D eigenvalue weighted by Crippen LogP contribution is 2.09. The fourth-order valence-electron chi connectivity index (χ4n) is 1.48. The van der Waals surface area contributed by atoms with Crippen LogP contribution in [0.1, 0.15) is 6.42 Å². The predicted molar refractivity (Wildman–Crippen MR) is 63.6 cm³/mol. The molecular formula is C10H18F2N2O2S. The maximum absolute atomic E-state index is 11.7. The molecule has 100 valence electrons. The number of alkyl halides is 2. The number of hydrogen-bond acceptors (Lipinski definition) is 4. The number of halogens is 2. The van der Waals surface area contributed by atoms with Gasteiger partial charge in [-0.25, -0.2) is 8.78 Å². The van der Waals surface area contributed by atoms with Gasteiger partial charge in [0.05, 0.1) is 6.61 Å². The van der Waals surface area contributed by atoms with Gasteiger partial charge in [-0.1, -0.05) is 0 Å². The fourth-order valence-corrected chi connectivity index (χ4v) is 2.43. The third kappa shape index (κ3) is 7.51. The minimum absolute atomic E-state index is 0.0642. The zero-order valence-electron chi connectivity index (χ0n) is 9.59. The zero-order chi connectivity index (χ0) is 12.5. The summed E-state index contributed by atoms with van der Waals surface area (Å²) in [4.78, 5) is 11.4. The van der Waals surface area contributed by atoms with Crippen molar-refractivity contribution >= 4 is 17.7 Å². The molecule has 0 aliphatic carbocycles. The maximum atomic E-state index is 11.7. The molecule has 1 atom stereocenters. The van der Waals surface area contributed by atoms with E-state index in [9.17, 15) is 13.6 Å².